The van der Waals surface area contributed by atoms with Gasteiger partial charge in [0.2, 0.25) is 0 Å². The van der Waals surface area contributed by atoms with Gasteiger partial charge in [0.05, 0.1) is 6.54 Å². The lowest BCUT2D eigenvalue weighted by Gasteiger charge is -2.24. The Hall–Kier alpha value is -2.60. The van der Waals surface area contributed by atoms with Gasteiger partial charge in [-0.3, -0.25) is 4.68 Å². The van der Waals surface area contributed by atoms with Crippen LogP contribution in [-0.4, -0.2) is 26.9 Å². The Morgan fingerprint density at radius 3 is 2.96 bits per heavy atom. The summed E-state index contributed by atoms with van der Waals surface area (Å²) >= 11 is 0. The van der Waals surface area contributed by atoms with Crippen LogP contribution in [0, 0.1) is 6.92 Å². The van der Waals surface area contributed by atoms with E-state index in [1.807, 2.05) is 29.8 Å². The lowest BCUT2D eigenvalue weighted by Crippen LogP contribution is -2.34. The third-order valence-corrected chi connectivity index (χ3v) is 5.34. The van der Waals surface area contributed by atoms with Crippen molar-refractivity contribution in [1.29, 1.82) is 0 Å². The summed E-state index contributed by atoms with van der Waals surface area (Å²) in [7, 11) is 0. The number of nitrogens with zero attached hydrogens (tertiary/aromatic N) is 2. The molecule has 3 aromatic rings. The largest absolute Gasteiger partial charge is 0.476 e. The summed E-state index contributed by atoms with van der Waals surface area (Å²) in [6, 6.07) is 8.27. The van der Waals surface area contributed by atoms with E-state index < -0.39 is 5.97 Å². The monoisotopic (exact) mass is 353 g/mol. The van der Waals surface area contributed by atoms with Crippen molar-refractivity contribution >= 4 is 16.9 Å². The van der Waals surface area contributed by atoms with Gasteiger partial charge in [-0.1, -0.05) is 18.2 Å². The quantitative estimate of drug-likeness (QED) is 0.736. The average Bonchev–Trinajstić information content (AvgIpc) is 3.18. The molecule has 0 fully saturated rings. The Morgan fingerprint density at radius 1 is 1.42 bits per heavy atom. The number of carbonyl (C=O) groups is 1. The number of para-hydroxylation sites is 1. The summed E-state index contributed by atoms with van der Waals surface area (Å²) in [5.41, 5.74) is 4.22. The fourth-order valence-electron chi connectivity index (χ4n) is 3.93. The smallest absolute Gasteiger partial charge is 0.356 e. The number of carboxylic acids is 1. The Balaban J connectivity index is 1.51. The van der Waals surface area contributed by atoms with Crippen LogP contribution in [0.25, 0.3) is 11.0 Å². The van der Waals surface area contributed by atoms with E-state index in [2.05, 4.69) is 23.4 Å². The fourth-order valence-corrected chi connectivity index (χ4v) is 3.93. The number of aryl methyl sites for hydroxylation is 2. The normalized spacial score (nSPS) is 16.8. The molecule has 0 saturated heterocycles. The highest BCUT2D eigenvalue weighted by atomic mass is 16.4. The van der Waals surface area contributed by atoms with Crippen LogP contribution in [0.1, 0.15) is 46.4 Å². The molecule has 1 aromatic carbocycles. The molecule has 2 N–H and O–H groups in total. The summed E-state index contributed by atoms with van der Waals surface area (Å²) < 4.78 is 7.80. The van der Waals surface area contributed by atoms with E-state index in [4.69, 9.17) is 4.42 Å². The molecule has 136 valence electrons. The molecule has 0 unspecified atom stereocenters. The Labute approximate surface area is 151 Å². The number of furan rings is 1. The summed E-state index contributed by atoms with van der Waals surface area (Å²) in [6.45, 7) is 5.42. The number of hydrogen-bond acceptors (Lipinski definition) is 4. The first-order valence-corrected chi connectivity index (χ1v) is 9.10. The van der Waals surface area contributed by atoms with Gasteiger partial charge < -0.3 is 14.8 Å². The van der Waals surface area contributed by atoms with Crippen molar-refractivity contribution in [2.24, 2.45) is 0 Å². The number of rotatable bonds is 5. The van der Waals surface area contributed by atoms with Gasteiger partial charge >= 0.3 is 5.97 Å². The second kappa shape index (κ2) is 6.61. The van der Waals surface area contributed by atoms with Gasteiger partial charge in [0.25, 0.3) is 0 Å². The molecule has 0 radical (unpaired) electrons. The number of nitrogens with one attached hydrogen (secondary N) is 1. The van der Waals surface area contributed by atoms with E-state index in [9.17, 15) is 9.90 Å². The zero-order valence-electron chi connectivity index (χ0n) is 15.1. The van der Waals surface area contributed by atoms with E-state index >= 15 is 0 Å². The van der Waals surface area contributed by atoms with Crippen LogP contribution in [0.3, 0.4) is 0 Å². The molecular weight excluding hydrogens is 330 g/mol. The maximum absolute atomic E-state index is 11.5. The van der Waals surface area contributed by atoms with Crippen LogP contribution in [0.5, 0.6) is 0 Å². The molecule has 0 spiro atoms. The summed E-state index contributed by atoms with van der Waals surface area (Å²) in [5.74, 6) is 0.00179. The maximum atomic E-state index is 11.5. The van der Waals surface area contributed by atoms with Gasteiger partial charge in [-0.2, -0.15) is 5.10 Å². The maximum Gasteiger partial charge on any atom is 0.356 e. The average molecular weight is 353 g/mol. The minimum Gasteiger partial charge on any atom is -0.476 e. The molecule has 6 heteroatoms. The van der Waals surface area contributed by atoms with Crippen LogP contribution >= 0.6 is 0 Å². The molecule has 0 amide bonds. The minimum atomic E-state index is -0.942. The van der Waals surface area contributed by atoms with Gasteiger partial charge in [-0.15, -0.1) is 0 Å². The summed E-state index contributed by atoms with van der Waals surface area (Å²) in [6.07, 6.45) is 2.51. The SMILES string of the molecule is CCn1nc(C(=O)O)c2c1CC[C@H](NCc1oc3ccccc3c1C)C2. The second-order valence-electron chi connectivity index (χ2n) is 6.86. The van der Waals surface area contributed by atoms with Gasteiger partial charge in [0.1, 0.15) is 11.3 Å². The lowest BCUT2D eigenvalue weighted by atomic mass is 9.91. The summed E-state index contributed by atoms with van der Waals surface area (Å²) in [4.78, 5) is 11.5. The standard InChI is InChI=1S/C20H23N3O3/c1-3-23-16-9-8-13(10-15(16)19(22-23)20(24)25)21-11-18-12(2)14-6-4-5-7-17(14)26-18/h4-7,13,21H,3,8-11H2,1-2H3,(H,24,25)/t13-/m0/s1. The first-order chi connectivity index (χ1) is 12.6. The zero-order chi connectivity index (χ0) is 18.3. The molecule has 1 aliphatic rings. The Morgan fingerprint density at radius 2 is 2.23 bits per heavy atom. The molecule has 1 aliphatic carbocycles. The number of hydrogen-bond donors (Lipinski definition) is 2. The molecule has 0 saturated carbocycles. The van der Waals surface area contributed by atoms with Crippen LogP contribution in [-0.2, 0) is 25.9 Å². The molecular formula is C20H23N3O3. The highest BCUT2D eigenvalue weighted by molar-refractivity contribution is 5.87. The van der Waals surface area contributed by atoms with Crippen molar-refractivity contribution in [2.75, 3.05) is 0 Å². The van der Waals surface area contributed by atoms with E-state index in [1.165, 1.54) is 0 Å². The van der Waals surface area contributed by atoms with E-state index in [0.717, 1.165) is 46.4 Å². The van der Waals surface area contributed by atoms with Crippen LogP contribution in [0.4, 0.5) is 0 Å². The lowest BCUT2D eigenvalue weighted by molar-refractivity contribution is 0.0688. The van der Waals surface area contributed by atoms with Gasteiger partial charge in [-0.25, -0.2) is 4.79 Å². The van der Waals surface area contributed by atoms with Crippen molar-refractivity contribution in [3.05, 3.63) is 52.5 Å². The zero-order valence-corrected chi connectivity index (χ0v) is 15.1. The third kappa shape index (κ3) is 2.80. The van der Waals surface area contributed by atoms with E-state index in [0.29, 0.717) is 19.5 Å². The van der Waals surface area contributed by atoms with Gasteiger partial charge in [0, 0.05) is 29.2 Å². The fraction of sp³-hybridized carbons (Fsp3) is 0.400. The van der Waals surface area contributed by atoms with Crippen LogP contribution in [0.2, 0.25) is 0 Å². The number of benzene rings is 1. The van der Waals surface area contributed by atoms with Crippen molar-refractivity contribution in [2.45, 2.75) is 52.2 Å². The Kier molecular flexibility index (Phi) is 4.28. The minimum absolute atomic E-state index is 0.202. The second-order valence-corrected chi connectivity index (χ2v) is 6.86. The van der Waals surface area contributed by atoms with Crippen LogP contribution < -0.4 is 5.32 Å². The first-order valence-electron chi connectivity index (χ1n) is 9.10. The summed E-state index contributed by atoms with van der Waals surface area (Å²) in [5, 5.41) is 18.4. The topological polar surface area (TPSA) is 80.3 Å². The molecule has 0 bridgehead atoms. The molecule has 26 heavy (non-hydrogen) atoms. The van der Waals surface area contributed by atoms with Crippen molar-refractivity contribution in [1.82, 2.24) is 15.1 Å². The number of fused-ring (bicyclic) bond motifs is 2. The highest BCUT2D eigenvalue weighted by Gasteiger charge is 2.28. The predicted octanol–water partition coefficient (Wildman–Crippen LogP) is 3.30. The number of carboxylic acid groups (broad SMARTS) is 1. The predicted molar refractivity (Wildman–Crippen MR) is 98.5 cm³/mol. The number of aromatic carboxylic acids is 1. The number of aromatic nitrogens is 2. The molecule has 2 heterocycles. The van der Waals surface area contributed by atoms with Gasteiger partial charge in [-0.05, 0) is 44.7 Å². The first kappa shape index (κ1) is 16.8. The van der Waals surface area contributed by atoms with Gasteiger partial charge in [0.15, 0.2) is 5.69 Å². The van der Waals surface area contributed by atoms with Crippen molar-refractivity contribution < 1.29 is 14.3 Å². The molecule has 0 aliphatic heterocycles. The molecule has 4 rings (SSSR count). The van der Waals surface area contributed by atoms with Crippen molar-refractivity contribution in [3.63, 3.8) is 0 Å². The Bertz CT molecular complexity index is 970. The van der Waals surface area contributed by atoms with E-state index in [1.54, 1.807) is 0 Å². The molecule has 6 nitrogen and oxygen atoms in total. The van der Waals surface area contributed by atoms with Crippen LogP contribution in [0.15, 0.2) is 28.7 Å². The van der Waals surface area contributed by atoms with E-state index in [-0.39, 0.29) is 11.7 Å². The highest BCUT2D eigenvalue weighted by Crippen LogP contribution is 2.27. The van der Waals surface area contributed by atoms with Crippen molar-refractivity contribution in [3.8, 4) is 0 Å². The molecule has 2 aromatic heterocycles. The third-order valence-electron chi connectivity index (χ3n) is 5.34. The molecule has 1 atom stereocenters.